The molecule has 3 heteroatoms. The van der Waals surface area contributed by atoms with E-state index in [1.165, 1.54) is 42.4 Å². The fraction of sp³-hybridized carbons (Fsp3) is 0.400. The van der Waals surface area contributed by atoms with Gasteiger partial charge in [-0.1, -0.05) is 76.4 Å². The largest absolute Gasteiger partial charge is 0.437 e. The number of rotatable bonds is 13. The Kier molecular flexibility index (Phi) is 9.82. The third kappa shape index (κ3) is 7.08. The van der Waals surface area contributed by atoms with Gasteiger partial charge in [-0.25, -0.2) is 0 Å². The second kappa shape index (κ2) is 12.8. The minimum atomic E-state index is -3.27. The van der Waals surface area contributed by atoms with Crippen LogP contribution in [-0.4, -0.2) is 0 Å². The average Bonchev–Trinajstić information content (AvgIpc) is 2.86. The molecule has 0 atom stereocenters. The van der Waals surface area contributed by atoms with Crippen LogP contribution in [0.15, 0.2) is 72.8 Å². The second-order valence-electron chi connectivity index (χ2n) is 8.93. The van der Waals surface area contributed by atoms with E-state index in [0.717, 1.165) is 42.7 Å². The van der Waals surface area contributed by atoms with Crippen LogP contribution < -0.4 is 15.1 Å². The molecule has 3 aromatic carbocycles. The van der Waals surface area contributed by atoms with Crippen molar-refractivity contribution in [3.05, 3.63) is 89.5 Å². The van der Waals surface area contributed by atoms with Gasteiger partial charge in [0.05, 0.1) is 10.6 Å². The normalized spacial score (nSPS) is 11.5. The van der Waals surface area contributed by atoms with Gasteiger partial charge >= 0.3 is 7.37 Å². The fourth-order valence-corrected chi connectivity index (χ4v) is 5.99. The van der Waals surface area contributed by atoms with Crippen LogP contribution in [0.25, 0.3) is 0 Å². The summed E-state index contributed by atoms with van der Waals surface area (Å²) in [4.78, 5) is 0. The van der Waals surface area contributed by atoms with Gasteiger partial charge in [-0.2, -0.15) is 0 Å². The molecule has 0 fully saturated rings. The predicted octanol–water partition coefficient (Wildman–Crippen LogP) is 8.02. The van der Waals surface area contributed by atoms with E-state index in [-0.39, 0.29) is 0 Å². The molecule has 0 heterocycles. The average molecular weight is 463 g/mol. The first-order valence-corrected chi connectivity index (χ1v) is 14.3. The first-order valence-electron chi connectivity index (χ1n) is 12.7. The van der Waals surface area contributed by atoms with E-state index in [0.29, 0.717) is 5.75 Å². The minimum Gasteiger partial charge on any atom is -0.437 e. The zero-order valence-corrected chi connectivity index (χ0v) is 21.5. The molecule has 0 saturated carbocycles. The molecular formula is C30H39O2P. The zero-order valence-electron chi connectivity index (χ0n) is 20.6. The zero-order chi connectivity index (χ0) is 23.5. The van der Waals surface area contributed by atoms with Crippen molar-refractivity contribution in [2.45, 2.75) is 78.6 Å². The molecular weight excluding hydrogens is 423 g/mol. The molecule has 3 rings (SSSR count). The molecule has 0 aliphatic carbocycles. The Morgan fingerprint density at radius 2 is 0.879 bits per heavy atom. The summed E-state index contributed by atoms with van der Waals surface area (Å²) in [5.41, 5.74) is 3.85. The van der Waals surface area contributed by atoms with E-state index in [4.69, 9.17) is 4.52 Å². The maximum atomic E-state index is 14.5. The van der Waals surface area contributed by atoms with E-state index in [1.807, 2.05) is 36.4 Å². The molecule has 0 bridgehead atoms. The lowest BCUT2D eigenvalue weighted by atomic mass is 10.1. The third-order valence-corrected chi connectivity index (χ3v) is 8.59. The quantitative estimate of drug-likeness (QED) is 0.240. The SMILES string of the molecule is CCCCc1ccc(OP(=O)(c2ccc(CCCC)cc2)c2ccc(CCCC)cc2)cc1. The standard InChI is InChI=1S/C30H39O2P/c1-4-7-10-25-13-19-28(20-14-25)32-33(31,29-21-15-26(16-22-29)11-8-5-2)30-23-17-27(18-24-30)12-9-6-3/h13-24H,4-12H2,1-3H3. The molecule has 33 heavy (non-hydrogen) atoms. The summed E-state index contributed by atoms with van der Waals surface area (Å²) < 4.78 is 20.8. The van der Waals surface area contributed by atoms with Gasteiger partial charge in [0.25, 0.3) is 0 Å². The van der Waals surface area contributed by atoms with Crippen LogP contribution in [0, 0.1) is 0 Å². The van der Waals surface area contributed by atoms with Gasteiger partial charge in [0.1, 0.15) is 5.75 Å². The topological polar surface area (TPSA) is 26.3 Å². The molecule has 0 saturated heterocycles. The molecule has 0 amide bonds. The maximum absolute atomic E-state index is 14.5. The lowest BCUT2D eigenvalue weighted by molar-refractivity contribution is 0.502. The van der Waals surface area contributed by atoms with Crippen molar-refractivity contribution in [2.24, 2.45) is 0 Å². The molecule has 3 aromatic rings. The first kappa shape index (κ1) is 25.3. The maximum Gasteiger partial charge on any atom is 0.306 e. The Labute approximate surface area is 200 Å². The molecule has 2 nitrogen and oxygen atoms in total. The van der Waals surface area contributed by atoms with Crippen LogP contribution in [-0.2, 0) is 23.8 Å². The van der Waals surface area contributed by atoms with Crippen molar-refractivity contribution in [1.82, 2.24) is 0 Å². The van der Waals surface area contributed by atoms with Crippen LogP contribution in [0.4, 0.5) is 0 Å². The minimum absolute atomic E-state index is 0.656. The lowest BCUT2D eigenvalue weighted by Gasteiger charge is -2.21. The Bertz CT molecular complexity index is 949. The van der Waals surface area contributed by atoms with E-state index in [2.05, 4.69) is 57.2 Å². The van der Waals surface area contributed by atoms with Crippen LogP contribution in [0.3, 0.4) is 0 Å². The van der Waals surface area contributed by atoms with Crippen molar-refractivity contribution < 1.29 is 9.09 Å². The van der Waals surface area contributed by atoms with Crippen molar-refractivity contribution in [3.8, 4) is 5.75 Å². The molecule has 0 unspecified atom stereocenters. The molecule has 0 spiro atoms. The van der Waals surface area contributed by atoms with Crippen molar-refractivity contribution in [2.75, 3.05) is 0 Å². The summed E-state index contributed by atoms with van der Waals surface area (Å²) in [6, 6.07) is 24.5. The van der Waals surface area contributed by atoms with E-state index in [9.17, 15) is 4.57 Å². The van der Waals surface area contributed by atoms with Gasteiger partial charge in [-0.3, -0.25) is 4.57 Å². The number of hydrogen-bond donors (Lipinski definition) is 0. The van der Waals surface area contributed by atoms with E-state index >= 15 is 0 Å². The highest BCUT2D eigenvalue weighted by molar-refractivity contribution is 7.74. The third-order valence-electron chi connectivity index (χ3n) is 6.17. The Morgan fingerprint density at radius 3 is 1.21 bits per heavy atom. The van der Waals surface area contributed by atoms with Gasteiger partial charge in [0.15, 0.2) is 0 Å². The number of unbranched alkanes of at least 4 members (excludes halogenated alkanes) is 3. The first-order chi connectivity index (χ1) is 16.1. The van der Waals surface area contributed by atoms with Crippen molar-refractivity contribution >= 4 is 18.0 Å². The van der Waals surface area contributed by atoms with E-state index < -0.39 is 7.37 Å². The van der Waals surface area contributed by atoms with Gasteiger partial charge in [0.2, 0.25) is 0 Å². The van der Waals surface area contributed by atoms with Gasteiger partial charge < -0.3 is 4.52 Å². The molecule has 0 aromatic heterocycles. The summed E-state index contributed by atoms with van der Waals surface area (Å²) >= 11 is 0. The van der Waals surface area contributed by atoms with E-state index in [1.54, 1.807) is 0 Å². The number of benzene rings is 3. The monoisotopic (exact) mass is 462 g/mol. The molecule has 0 radical (unpaired) electrons. The predicted molar refractivity (Wildman–Crippen MR) is 143 cm³/mol. The van der Waals surface area contributed by atoms with Gasteiger partial charge in [-0.05, 0) is 91.6 Å². The molecule has 176 valence electrons. The Balaban J connectivity index is 1.91. The summed E-state index contributed by atoms with van der Waals surface area (Å²) in [5.74, 6) is 0.656. The Morgan fingerprint density at radius 1 is 0.545 bits per heavy atom. The highest BCUT2D eigenvalue weighted by Gasteiger charge is 2.30. The van der Waals surface area contributed by atoms with Gasteiger partial charge in [-0.15, -0.1) is 0 Å². The Hall–Kier alpha value is -2.31. The lowest BCUT2D eigenvalue weighted by Crippen LogP contribution is -2.20. The highest BCUT2D eigenvalue weighted by Crippen LogP contribution is 2.45. The summed E-state index contributed by atoms with van der Waals surface area (Å²) in [6.07, 6.45) is 10.2. The number of aryl methyl sites for hydroxylation is 3. The highest BCUT2D eigenvalue weighted by atomic mass is 31.2. The second-order valence-corrected chi connectivity index (χ2v) is 11.2. The summed E-state index contributed by atoms with van der Waals surface area (Å²) in [5, 5.41) is 1.50. The van der Waals surface area contributed by atoms with Gasteiger partial charge in [0, 0.05) is 0 Å². The molecule has 0 aliphatic rings. The van der Waals surface area contributed by atoms with Crippen LogP contribution >= 0.6 is 7.37 Å². The summed E-state index contributed by atoms with van der Waals surface area (Å²) in [7, 11) is -3.27. The number of hydrogen-bond acceptors (Lipinski definition) is 2. The van der Waals surface area contributed by atoms with Crippen LogP contribution in [0.1, 0.15) is 76.0 Å². The molecule has 0 aliphatic heterocycles. The fourth-order valence-electron chi connectivity index (χ4n) is 3.98. The van der Waals surface area contributed by atoms with Crippen LogP contribution in [0.2, 0.25) is 0 Å². The smallest absolute Gasteiger partial charge is 0.306 e. The van der Waals surface area contributed by atoms with Crippen LogP contribution in [0.5, 0.6) is 5.75 Å². The summed E-state index contributed by atoms with van der Waals surface area (Å²) in [6.45, 7) is 6.61. The van der Waals surface area contributed by atoms with Crippen molar-refractivity contribution in [1.29, 1.82) is 0 Å². The molecule has 0 N–H and O–H groups in total. The van der Waals surface area contributed by atoms with Crippen molar-refractivity contribution in [3.63, 3.8) is 0 Å².